The van der Waals surface area contributed by atoms with Crippen LogP contribution in [0.5, 0.6) is 0 Å². The largest absolute Gasteiger partial charge is 0.323 e. The SMILES string of the molecule is O=[N+]([O-])c1c(Br)c([N+](=O)[O-])c2nsnc2c1Br.O=[N+]([O-])c1c(Cl)c([N+](=O)[O-])c2nsnc2c1Cl. The van der Waals surface area contributed by atoms with E-state index in [0.29, 0.717) is 11.7 Å². The van der Waals surface area contributed by atoms with E-state index in [0.717, 1.165) is 11.7 Å². The molecule has 0 N–H and O–H groups in total. The molecule has 2 heterocycles. The van der Waals surface area contributed by atoms with E-state index in [1.54, 1.807) is 0 Å². The van der Waals surface area contributed by atoms with Gasteiger partial charge in [-0.05, 0) is 31.9 Å². The lowest BCUT2D eigenvalue weighted by atomic mass is 10.2. The van der Waals surface area contributed by atoms with E-state index >= 15 is 0 Å². The van der Waals surface area contributed by atoms with Crippen molar-refractivity contribution in [1.29, 1.82) is 0 Å². The van der Waals surface area contributed by atoms with Gasteiger partial charge in [0.2, 0.25) is 0 Å². The summed E-state index contributed by atoms with van der Waals surface area (Å²) >= 11 is 18.6. The predicted molar refractivity (Wildman–Crippen MR) is 127 cm³/mol. The molecule has 16 nitrogen and oxygen atoms in total. The Morgan fingerprint density at radius 3 is 1.44 bits per heavy atom. The van der Waals surface area contributed by atoms with E-state index in [9.17, 15) is 40.5 Å². The molecule has 22 heteroatoms. The van der Waals surface area contributed by atoms with Gasteiger partial charge in [-0.25, -0.2) is 0 Å². The second kappa shape index (κ2) is 9.84. The fraction of sp³-hybridized carbons (Fsp3) is 0. The molecule has 2 aromatic heterocycles. The molecule has 0 unspecified atom stereocenters. The average Bonchev–Trinajstić information content (AvgIpc) is 3.37. The van der Waals surface area contributed by atoms with Crippen LogP contribution in [0, 0.1) is 40.5 Å². The minimum atomic E-state index is -0.892. The molecule has 34 heavy (non-hydrogen) atoms. The molecule has 0 amide bonds. The second-order valence-electron chi connectivity index (χ2n) is 5.60. The molecule has 0 bridgehead atoms. The lowest BCUT2D eigenvalue weighted by molar-refractivity contribution is -0.395. The maximum Gasteiger partial charge on any atom is 0.323 e. The highest BCUT2D eigenvalue weighted by Crippen LogP contribution is 2.46. The number of aromatic nitrogens is 4. The van der Waals surface area contributed by atoms with Crippen molar-refractivity contribution in [3.8, 4) is 0 Å². The lowest BCUT2D eigenvalue weighted by Crippen LogP contribution is -1.98. The van der Waals surface area contributed by atoms with Crippen molar-refractivity contribution < 1.29 is 19.7 Å². The summed E-state index contributed by atoms with van der Waals surface area (Å²) in [6.45, 7) is 0. The van der Waals surface area contributed by atoms with Crippen LogP contribution in [0.2, 0.25) is 10.0 Å². The number of nitro groups is 4. The van der Waals surface area contributed by atoms with Gasteiger partial charge < -0.3 is 0 Å². The predicted octanol–water partition coefficient (Wildman–Crippen LogP) is 5.85. The van der Waals surface area contributed by atoms with Gasteiger partial charge in [-0.15, -0.1) is 0 Å². The molecule has 0 atom stereocenters. The van der Waals surface area contributed by atoms with Gasteiger partial charge in [0, 0.05) is 0 Å². The third-order valence-corrected chi connectivity index (χ3v) is 7.09. The first-order chi connectivity index (χ1) is 15.9. The Morgan fingerprint density at radius 2 is 0.971 bits per heavy atom. The maximum atomic E-state index is 10.9. The van der Waals surface area contributed by atoms with Crippen LogP contribution in [0.25, 0.3) is 22.1 Å². The maximum absolute atomic E-state index is 10.9. The van der Waals surface area contributed by atoms with Crippen LogP contribution >= 0.6 is 78.5 Å². The summed E-state index contributed by atoms with van der Waals surface area (Å²) in [5, 5.41) is 42.3. The first-order valence-corrected chi connectivity index (χ1v) is 11.5. The average molecular weight is 679 g/mol. The third kappa shape index (κ3) is 4.34. The zero-order chi connectivity index (χ0) is 25.5. The van der Waals surface area contributed by atoms with Crippen molar-refractivity contribution >= 4 is 123 Å². The molecular weight excluding hydrogens is 679 g/mol. The number of hydrogen-bond acceptors (Lipinski definition) is 14. The van der Waals surface area contributed by atoms with Crippen LogP contribution in [0.1, 0.15) is 0 Å². The Bertz CT molecular complexity index is 1430. The minimum absolute atomic E-state index is 0.0179. The van der Waals surface area contributed by atoms with Gasteiger partial charge in [0.25, 0.3) is 0 Å². The summed E-state index contributed by atoms with van der Waals surface area (Å²) in [6, 6.07) is 0. The van der Waals surface area contributed by atoms with Crippen LogP contribution in [-0.4, -0.2) is 37.2 Å². The normalized spacial score (nSPS) is 10.7. The summed E-state index contributed by atoms with van der Waals surface area (Å²) in [5.41, 5.74) is -2.41. The summed E-state index contributed by atoms with van der Waals surface area (Å²) in [7, 11) is 0. The monoisotopic (exact) mass is 676 g/mol. The second-order valence-corrected chi connectivity index (χ2v) is 9.00. The molecular formula is C12Br2Cl2N8O8S2. The molecule has 2 aromatic carbocycles. The van der Waals surface area contributed by atoms with E-state index in [-0.39, 0.29) is 36.0 Å². The van der Waals surface area contributed by atoms with E-state index in [1.807, 2.05) is 0 Å². The van der Waals surface area contributed by atoms with Crippen molar-refractivity contribution in [2.45, 2.75) is 0 Å². The Balaban J connectivity index is 0.000000191. The Morgan fingerprint density at radius 1 is 0.559 bits per heavy atom. The van der Waals surface area contributed by atoms with Crippen LogP contribution in [0.15, 0.2) is 8.95 Å². The molecule has 0 aliphatic heterocycles. The van der Waals surface area contributed by atoms with Crippen molar-refractivity contribution in [3.05, 3.63) is 59.4 Å². The summed E-state index contributed by atoms with van der Waals surface area (Å²) in [4.78, 5) is 40.1. The highest BCUT2D eigenvalue weighted by molar-refractivity contribution is 9.11. The fourth-order valence-electron chi connectivity index (χ4n) is 2.48. The molecule has 0 aliphatic carbocycles. The van der Waals surface area contributed by atoms with E-state index in [2.05, 4.69) is 49.4 Å². The Kier molecular flexibility index (Phi) is 7.47. The molecule has 4 aromatic rings. The quantitative estimate of drug-likeness (QED) is 0.183. The fourth-order valence-corrected chi connectivity index (χ4v) is 5.98. The van der Waals surface area contributed by atoms with Gasteiger partial charge in [0.05, 0.1) is 43.1 Å². The summed E-state index contributed by atoms with van der Waals surface area (Å²) < 4.78 is 14.8. The van der Waals surface area contributed by atoms with Crippen LogP contribution < -0.4 is 0 Å². The third-order valence-electron chi connectivity index (χ3n) is 3.82. The van der Waals surface area contributed by atoms with Gasteiger partial charge in [-0.1, -0.05) is 23.2 Å². The van der Waals surface area contributed by atoms with Crippen molar-refractivity contribution in [2.75, 3.05) is 0 Å². The number of nitrogens with zero attached hydrogens (tertiary/aromatic N) is 8. The molecule has 4 rings (SSSR count). The number of rotatable bonds is 4. The van der Waals surface area contributed by atoms with Gasteiger partial charge in [0.15, 0.2) is 20.5 Å². The number of nitro benzene ring substituents is 4. The summed E-state index contributed by atoms with van der Waals surface area (Å²) in [6.07, 6.45) is 0. The first kappa shape index (κ1) is 25.8. The van der Waals surface area contributed by atoms with Crippen LogP contribution in [0.4, 0.5) is 22.7 Å². The topological polar surface area (TPSA) is 224 Å². The Hall–Kier alpha value is -2.78. The number of fused-ring (bicyclic) bond motifs is 2. The highest BCUT2D eigenvalue weighted by atomic mass is 79.9. The number of halogens is 4. The highest BCUT2D eigenvalue weighted by Gasteiger charge is 2.35. The van der Waals surface area contributed by atoms with E-state index < -0.39 is 47.5 Å². The summed E-state index contributed by atoms with van der Waals surface area (Å²) in [5.74, 6) is 0. The smallest absolute Gasteiger partial charge is 0.258 e. The van der Waals surface area contributed by atoms with Gasteiger partial charge >= 0.3 is 22.7 Å². The standard InChI is InChI=1S/C6Br2N4O4S.C6Cl2N4O4S/c2*7-1-3-4(10-17-9-3)6(12(15)16)2(8)5(1)11(13)14. The van der Waals surface area contributed by atoms with Gasteiger partial charge in [0.1, 0.15) is 20.5 Å². The zero-order valence-electron chi connectivity index (χ0n) is 15.2. The van der Waals surface area contributed by atoms with E-state index in [4.69, 9.17) is 23.2 Å². The van der Waals surface area contributed by atoms with Crippen molar-refractivity contribution in [3.63, 3.8) is 0 Å². The van der Waals surface area contributed by atoms with Crippen molar-refractivity contribution in [2.24, 2.45) is 0 Å². The van der Waals surface area contributed by atoms with E-state index in [1.165, 1.54) is 0 Å². The molecule has 0 saturated carbocycles. The molecule has 0 radical (unpaired) electrons. The first-order valence-electron chi connectivity index (χ1n) is 7.74. The minimum Gasteiger partial charge on any atom is -0.258 e. The molecule has 0 spiro atoms. The van der Waals surface area contributed by atoms with Crippen molar-refractivity contribution in [1.82, 2.24) is 17.5 Å². The van der Waals surface area contributed by atoms with Crippen LogP contribution in [-0.2, 0) is 0 Å². The molecule has 0 fully saturated rings. The van der Waals surface area contributed by atoms with Gasteiger partial charge in [-0.2, -0.15) is 17.5 Å². The number of hydrogen-bond donors (Lipinski definition) is 0. The molecule has 0 aliphatic rings. The molecule has 0 saturated heterocycles. The van der Waals surface area contributed by atoms with Gasteiger partial charge in [-0.3, -0.25) is 40.5 Å². The Labute approximate surface area is 219 Å². The zero-order valence-corrected chi connectivity index (χ0v) is 21.5. The van der Waals surface area contributed by atoms with Crippen LogP contribution in [0.3, 0.4) is 0 Å². The number of benzene rings is 2. The lowest BCUT2D eigenvalue weighted by Gasteiger charge is -2.00. The molecule has 176 valence electrons.